The maximum absolute atomic E-state index is 13.3. The molecule has 0 spiro atoms. The van der Waals surface area contributed by atoms with Gasteiger partial charge in [-0.2, -0.15) is 12.7 Å². The summed E-state index contributed by atoms with van der Waals surface area (Å²) >= 11 is 6.32. The third-order valence-electron chi connectivity index (χ3n) is 5.81. The largest absolute Gasteiger partial charge is 0.458 e. The first-order valence-electron chi connectivity index (χ1n) is 12.3. The Labute approximate surface area is 262 Å². The van der Waals surface area contributed by atoms with E-state index in [1.807, 2.05) is 0 Å². The molecule has 1 aliphatic heterocycles. The summed E-state index contributed by atoms with van der Waals surface area (Å²) in [6.45, 7) is 2.17. The first-order chi connectivity index (χ1) is 21.0. The van der Waals surface area contributed by atoms with Gasteiger partial charge >= 0.3 is 16.3 Å². The van der Waals surface area contributed by atoms with Gasteiger partial charge in [-0.1, -0.05) is 5.16 Å². The summed E-state index contributed by atoms with van der Waals surface area (Å²) in [5.41, 5.74) is -2.54. The molecular weight excluding hydrogens is 666 g/mol. The van der Waals surface area contributed by atoms with E-state index in [1.165, 1.54) is 43.5 Å². The van der Waals surface area contributed by atoms with Crippen LogP contribution in [0.2, 0.25) is 0 Å². The predicted molar refractivity (Wildman–Crippen MR) is 154 cm³/mol. The van der Waals surface area contributed by atoms with Crippen LogP contribution in [0, 0.1) is 10.1 Å². The van der Waals surface area contributed by atoms with Crippen LogP contribution in [0.1, 0.15) is 25.1 Å². The molecular formula is C23H24ClN7O12S2. The van der Waals surface area contributed by atoms with E-state index in [0.717, 1.165) is 18.4 Å². The minimum atomic E-state index is -5.17. The molecule has 22 heteroatoms. The molecule has 2 atom stereocenters. The van der Waals surface area contributed by atoms with E-state index in [9.17, 15) is 47.1 Å². The van der Waals surface area contributed by atoms with Crippen LogP contribution in [0.3, 0.4) is 0 Å². The lowest BCUT2D eigenvalue weighted by Crippen LogP contribution is -2.76. The Hall–Kier alpha value is -4.73. The number of amides is 4. The van der Waals surface area contributed by atoms with Gasteiger partial charge in [0.05, 0.1) is 4.92 Å². The van der Waals surface area contributed by atoms with Gasteiger partial charge in [-0.3, -0.25) is 33.8 Å². The molecule has 4 amide bonds. The lowest BCUT2D eigenvalue weighted by Gasteiger charge is -2.42. The first-order valence-corrected chi connectivity index (χ1v) is 15.1. The quantitative estimate of drug-likeness (QED) is 0.0401. The fourth-order valence-electron chi connectivity index (χ4n) is 3.51. The van der Waals surface area contributed by atoms with Crippen molar-refractivity contribution in [1.82, 2.24) is 19.9 Å². The summed E-state index contributed by atoms with van der Waals surface area (Å²) in [5.74, 6) is -5.63. The number of β-lactam (4-membered cyclic amide) rings is 1. The zero-order valence-corrected chi connectivity index (χ0v) is 25.8. The van der Waals surface area contributed by atoms with Gasteiger partial charge in [0.15, 0.2) is 16.9 Å². The number of hydrogen-bond donors (Lipinski definition) is 4. The van der Waals surface area contributed by atoms with Crippen molar-refractivity contribution in [2.75, 3.05) is 18.2 Å². The highest BCUT2D eigenvalue weighted by molar-refractivity contribution is 7.84. The number of oxime groups is 1. The number of nitro groups is 1. The van der Waals surface area contributed by atoms with Gasteiger partial charge < -0.3 is 25.5 Å². The second kappa shape index (κ2) is 13.9. The highest BCUT2D eigenvalue weighted by Gasteiger charge is 2.57. The summed E-state index contributed by atoms with van der Waals surface area (Å²) in [4.78, 5) is 82.1. The van der Waals surface area contributed by atoms with Gasteiger partial charge in [0.25, 0.3) is 17.5 Å². The summed E-state index contributed by atoms with van der Waals surface area (Å²) in [7, 11) is -4.04. The van der Waals surface area contributed by atoms with Crippen LogP contribution in [0.25, 0.3) is 0 Å². The van der Waals surface area contributed by atoms with Crippen LogP contribution in [-0.4, -0.2) is 93.1 Å². The molecule has 0 saturated carbocycles. The predicted octanol–water partition coefficient (Wildman–Crippen LogP) is -0.284. The van der Waals surface area contributed by atoms with Crippen LogP contribution >= 0.6 is 22.9 Å². The maximum Gasteiger partial charge on any atom is 0.363 e. The second-order valence-corrected chi connectivity index (χ2v) is 11.8. The molecule has 242 valence electrons. The van der Waals surface area contributed by atoms with E-state index in [-0.39, 0.29) is 27.4 Å². The van der Waals surface area contributed by atoms with Gasteiger partial charge in [0.2, 0.25) is 17.4 Å². The molecule has 1 fully saturated rings. The summed E-state index contributed by atoms with van der Waals surface area (Å²) < 4.78 is 37.7. The van der Waals surface area contributed by atoms with Crippen LogP contribution in [0.15, 0.2) is 34.8 Å². The van der Waals surface area contributed by atoms with Crippen LogP contribution in [0.4, 0.5) is 10.8 Å². The van der Waals surface area contributed by atoms with Crippen LogP contribution in [0.5, 0.6) is 0 Å². The zero-order chi connectivity index (χ0) is 33.7. The van der Waals surface area contributed by atoms with E-state index in [1.54, 1.807) is 0 Å². The van der Waals surface area contributed by atoms with Crippen molar-refractivity contribution in [3.63, 3.8) is 0 Å². The Bertz CT molecular complexity index is 1660. The van der Waals surface area contributed by atoms with Gasteiger partial charge in [-0.25, -0.2) is 9.78 Å². The number of carbonyl (C=O) groups is 5. The number of aromatic nitrogens is 1. The van der Waals surface area contributed by atoms with Gasteiger partial charge in [-0.05, 0) is 31.5 Å². The van der Waals surface area contributed by atoms with Crippen molar-refractivity contribution in [1.29, 1.82) is 0 Å². The topological polar surface area (TPSA) is 266 Å². The number of nitrogens with one attached hydrogen (secondary N) is 3. The van der Waals surface area contributed by atoms with Crippen molar-refractivity contribution < 1.29 is 51.4 Å². The second-order valence-electron chi connectivity index (χ2n) is 9.38. The number of esters is 1. The molecule has 3 rings (SSSR count). The number of nitro benzene ring substituents is 1. The van der Waals surface area contributed by atoms with Gasteiger partial charge in [-0.15, -0.1) is 22.9 Å². The highest BCUT2D eigenvalue weighted by atomic mass is 35.5. The van der Waals surface area contributed by atoms with Crippen LogP contribution in [-0.2, 0) is 50.5 Å². The first kappa shape index (κ1) is 34.8. The number of alkyl halides is 1. The number of halogens is 1. The number of thiazole rings is 1. The summed E-state index contributed by atoms with van der Waals surface area (Å²) in [5, 5.41) is 22.4. The van der Waals surface area contributed by atoms with Crippen molar-refractivity contribution >= 4 is 79.4 Å². The lowest BCUT2D eigenvalue weighted by atomic mass is 9.97. The number of carbonyl (C=O) groups excluding carboxylic acids is 5. The molecule has 2 aromatic rings. The third kappa shape index (κ3) is 8.26. The molecule has 1 aromatic heterocycles. The number of anilines is 1. The maximum atomic E-state index is 13.3. The SMILES string of the molecule is CNC(=O)C1C(NC(=O)/C(=N\OC(C)(C)C(=O)OCc2ccc([N+](=O)[O-])cc2)c2csc(NC(=O)CCl)n2)C(=O)N1S(=O)(=O)O. The lowest BCUT2D eigenvalue weighted by molar-refractivity contribution is -0.384. The van der Waals surface area contributed by atoms with Crippen molar-refractivity contribution in [2.24, 2.45) is 5.16 Å². The number of hydrogen-bond acceptors (Lipinski definition) is 14. The molecule has 0 aliphatic carbocycles. The molecule has 1 aromatic carbocycles. The number of benzene rings is 1. The zero-order valence-electron chi connectivity index (χ0n) is 23.4. The molecule has 45 heavy (non-hydrogen) atoms. The fraction of sp³-hybridized carbons (Fsp3) is 0.348. The molecule has 2 heterocycles. The fourth-order valence-corrected chi connectivity index (χ4v) is 5.13. The highest BCUT2D eigenvalue weighted by Crippen LogP contribution is 2.25. The van der Waals surface area contributed by atoms with Gasteiger partial charge in [0.1, 0.15) is 24.2 Å². The monoisotopic (exact) mass is 689 g/mol. The average Bonchev–Trinajstić information content (AvgIpc) is 3.43. The number of rotatable bonds is 13. The molecule has 4 N–H and O–H groups in total. The Balaban J connectivity index is 1.85. The van der Waals surface area contributed by atoms with Crippen molar-refractivity contribution in [2.45, 2.75) is 38.1 Å². The van der Waals surface area contributed by atoms with E-state index < -0.39 is 74.1 Å². The number of nitrogens with zero attached hydrogens (tertiary/aromatic N) is 4. The molecule has 1 saturated heterocycles. The molecule has 19 nitrogen and oxygen atoms in total. The van der Waals surface area contributed by atoms with Gasteiger partial charge in [0, 0.05) is 24.6 Å². The van der Waals surface area contributed by atoms with E-state index >= 15 is 0 Å². The molecule has 2 unspecified atom stereocenters. The molecule has 1 aliphatic rings. The molecule has 0 radical (unpaired) electrons. The van der Waals surface area contributed by atoms with E-state index in [4.69, 9.17) is 21.2 Å². The normalized spacial score (nSPS) is 16.7. The Morgan fingerprint density at radius 2 is 1.89 bits per heavy atom. The van der Waals surface area contributed by atoms with E-state index in [0.29, 0.717) is 5.56 Å². The smallest absolute Gasteiger partial charge is 0.363 e. The van der Waals surface area contributed by atoms with Crippen molar-refractivity contribution in [3.05, 3.63) is 51.0 Å². The van der Waals surface area contributed by atoms with Crippen molar-refractivity contribution in [3.8, 4) is 0 Å². The number of non-ortho nitro benzene ring substituents is 1. The summed E-state index contributed by atoms with van der Waals surface area (Å²) in [6.07, 6.45) is 0. The third-order valence-corrected chi connectivity index (χ3v) is 7.71. The number of likely N-dealkylation sites (N-methyl/N-ethyl adjacent to an activating group) is 1. The average molecular weight is 690 g/mol. The number of ether oxygens (including phenoxy) is 1. The Morgan fingerprint density at radius 1 is 1.24 bits per heavy atom. The van der Waals surface area contributed by atoms with Crippen LogP contribution < -0.4 is 16.0 Å². The Morgan fingerprint density at radius 3 is 2.44 bits per heavy atom. The standard InChI is InChI=1S/C23H24ClN7O12S2/c1-23(2,21(36)42-9-11-4-6-12(7-5-11)31(37)38)43-29-15(13-10-44-22(26-13)27-14(32)8-24)18(33)28-16-17(19(34)25-3)30(20(16)35)45(39,40)41/h4-7,10,16-17H,8-9H2,1-3H3,(H,25,34)(H,28,33)(H,26,27,32)(H,39,40,41)/b29-15-. The minimum absolute atomic E-state index is 0.0292. The van der Waals surface area contributed by atoms with E-state index in [2.05, 4.69) is 26.1 Å². The molecule has 0 bridgehead atoms. The summed E-state index contributed by atoms with van der Waals surface area (Å²) in [6, 6.07) is 1.55. The minimum Gasteiger partial charge on any atom is -0.458 e. The Kier molecular flexibility index (Phi) is 10.8.